The van der Waals surface area contributed by atoms with Crippen molar-refractivity contribution >= 4 is 43.9 Å². The molecule has 0 atom stereocenters. The minimum Gasteiger partial charge on any atom is -0.455 e. The lowest BCUT2D eigenvalue weighted by atomic mass is 9.93. The molecular weight excluding hydrogens is 687 g/mol. The summed E-state index contributed by atoms with van der Waals surface area (Å²) in [6.07, 6.45) is 1.82. The van der Waals surface area contributed by atoms with Gasteiger partial charge < -0.3 is 8.83 Å². The Balaban J connectivity index is 1.05. The van der Waals surface area contributed by atoms with Gasteiger partial charge in [0, 0.05) is 61.1 Å². The molecule has 11 aromatic rings. The number of aromatic nitrogens is 3. The van der Waals surface area contributed by atoms with Crippen LogP contribution >= 0.6 is 0 Å². The molecular formula is C51H31N3O2. The van der Waals surface area contributed by atoms with Crippen LogP contribution < -0.4 is 0 Å². The number of hydrogen-bond acceptors (Lipinski definition) is 5. The molecule has 0 saturated heterocycles. The molecule has 0 aliphatic heterocycles. The van der Waals surface area contributed by atoms with Crippen molar-refractivity contribution in [2.24, 2.45) is 0 Å². The molecule has 0 N–H and O–H groups in total. The molecule has 0 spiro atoms. The SMILES string of the molecule is c1ccc(-c2cc(-c3ccccc3-c3ccccn3)nc(-c3ccc(-c4ccc(-c5cccc6c5oc5ccccc56)c5oc6ccccc6c45)cc3)n2)cc1. The van der Waals surface area contributed by atoms with Crippen LogP contribution in [-0.2, 0) is 0 Å². The van der Waals surface area contributed by atoms with Crippen LogP contribution in [0, 0.1) is 0 Å². The molecule has 5 heteroatoms. The molecule has 11 rings (SSSR count). The van der Waals surface area contributed by atoms with Crippen LogP contribution in [0.4, 0.5) is 0 Å². The predicted octanol–water partition coefficient (Wildman–Crippen LogP) is 13.7. The number of hydrogen-bond donors (Lipinski definition) is 0. The van der Waals surface area contributed by atoms with Crippen LogP contribution in [0.1, 0.15) is 0 Å². The van der Waals surface area contributed by atoms with Gasteiger partial charge in [0.05, 0.1) is 17.1 Å². The van der Waals surface area contributed by atoms with E-state index in [0.29, 0.717) is 5.82 Å². The number of furan rings is 2. The quantitative estimate of drug-likeness (QED) is 0.171. The third-order valence-electron chi connectivity index (χ3n) is 10.6. The van der Waals surface area contributed by atoms with Gasteiger partial charge in [0.1, 0.15) is 22.3 Å². The molecule has 4 aromatic heterocycles. The fourth-order valence-electron chi connectivity index (χ4n) is 7.96. The van der Waals surface area contributed by atoms with E-state index in [0.717, 1.165) is 105 Å². The Morgan fingerprint density at radius 2 is 0.929 bits per heavy atom. The van der Waals surface area contributed by atoms with Crippen molar-refractivity contribution in [3.63, 3.8) is 0 Å². The Kier molecular flexibility index (Phi) is 7.42. The van der Waals surface area contributed by atoms with Crippen LogP contribution in [0.2, 0.25) is 0 Å². The summed E-state index contributed by atoms with van der Waals surface area (Å²) in [7, 11) is 0. The highest BCUT2D eigenvalue weighted by Gasteiger charge is 2.21. The van der Waals surface area contributed by atoms with Crippen LogP contribution in [0.5, 0.6) is 0 Å². The highest BCUT2D eigenvalue weighted by molar-refractivity contribution is 6.18. The van der Waals surface area contributed by atoms with Gasteiger partial charge in [0.2, 0.25) is 0 Å². The van der Waals surface area contributed by atoms with Gasteiger partial charge in [-0.3, -0.25) is 4.98 Å². The largest absolute Gasteiger partial charge is 0.455 e. The predicted molar refractivity (Wildman–Crippen MR) is 227 cm³/mol. The molecule has 0 unspecified atom stereocenters. The average Bonchev–Trinajstić information content (AvgIpc) is 3.86. The van der Waals surface area contributed by atoms with Crippen molar-refractivity contribution in [1.29, 1.82) is 0 Å². The van der Waals surface area contributed by atoms with E-state index in [4.69, 9.17) is 18.8 Å². The third kappa shape index (κ3) is 5.29. The summed E-state index contributed by atoms with van der Waals surface area (Å²) in [5.74, 6) is 0.650. The van der Waals surface area contributed by atoms with E-state index in [-0.39, 0.29) is 0 Å². The number of para-hydroxylation sites is 3. The Morgan fingerprint density at radius 1 is 0.339 bits per heavy atom. The minimum atomic E-state index is 0.650. The molecule has 0 saturated carbocycles. The number of rotatable bonds is 6. The number of pyridine rings is 1. The lowest BCUT2D eigenvalue weighted by Crippen LogP contribution is -1.97. The van der Waals surface area contributed by atoms with Gasteiger partial charge in [-0.25, -0.2) is 9.97 Å². The van der Waals surface area contributed by atoms with E-state index < -0.39 is 0 Å². The molecule has 5 nitrogen and oxygen atoms in total. The summed E-state index contributed by atoms with van der Waals surface area (Å²) in [6, 6.07) is 62.3. The van der Waals surface area contributed by atoms with E-state index in [9.17, 15) is 0 Å². The Hall–Kier alpha value is -7.63. The maximum atomic E-state index is 6.70. The van der Waals surface area contributed by atoms with E-state index >= 15 is 0 Å². The average molecular weight is 718 g/mol. The van der Waals surface area contributed by atoms with Crippen LogP contribution in [0.25, 0.3) is 111 Å². The Labute approximate surface area is 322 Å². The molecule has 0 bridgehead atoms. The first-order valence-electron chi connectivity index (χ1n) is 18.7. The molecule has 0 aliphatic carbocycles. The maximum Gasteiger partial charge on any atom is 0.160 e. The van der Waals surface area contributed by atoms with Crippen LogP contribution in [0.3, 0.4) is 0 Å². The van der Waals surface area contributed by atoms with Crippen molar-refractivity contribution in [3.05, 3.63) is 188 Å². The topological polar surface area (TPSA) is 65.0 Å². The third-order valence-corrected chi connectivity index (χ3v) is 10.6. The first kappa shape index (κ1) is 31.9. The maximum absolute atomic E-state index is 6.70. The summed E-state index contributed by atoms with van der Waals surface area (Å²) in [5, 5.41) is 4.32. The molecule has 7 aromatic carbocycles. The smallest absolute Gasteiger partial charge is 0.160 e. The van der Waals surface area contributed by atoms with E-state index in [1.54, 1.807) is 0 Å². The monoisotopic (exact) mass is 717 g/mol. The number of nitrogens with zero attached hydrogens (tertiary/aromatic N) is 3. The van der Waals surface area contributed by atoms with Crippen LogP contribution in [0.15, 0.2) is 197 Å². The van der Waals surface area contributed by atoms with Crippen molar-refractivity contribution in [1.82, 2.24) is 15.0 Å². The Bertz CT molecular complexity index is 3240. The summed E-state index contributed by atoms with van der Waals surface area (Å²) >= 11 is 0. The lowest BCUT2D eigenvalue weighted by molar-refractivity contribution is 0.665. The summed E-state index contributed by atoms with van der Waals surface area (Å²) in [6.45, 7) is 0. The summed E-state index contributed by atoms with van der Waals surface area (Å²) in [5.41, 5.74) is 14.1. The minimum absolute atomic E-state index is 0.650. The summed E-state index contributed by atoms with van der Waals surface area (Å²) < 4.78 is 13.2. The van der Waals surface area contributed by atoms with Crippen molar-refractivity contribution in [2.45, 2.75) is 0 Å². The molecule has 4 heterocycles. The van der Waals surface area contributed by atoms with Crippen molar-refractivity contribution in [2.75, 3.05) is 0 Å². The second-order valence-corrected chi connectivity index (χ2v) is 13.9. The van der Waals surface area contributed by atoms with Crippen molar-refractivity contribution < 1.29 is 8.83 Å². The van der Waals surface area contributed by atoms with Gasteiger partial charge in [0.25, 0.3) is 0 Å². The van der Waals surface area contributed by atoms with Gasteiger partial charge in [-0.1, -0.05) is 146 Å². The van der Waals surface area contributed by atoms with E-state index in [2.05, 4.69) is 114 Å². The molecule has 0 radical (unpaired) electrons. The molecule has 262 valence electrons. The van der Waals surface area contributed by atoms with E-state index in [1.807, 2.05) is 79.0 Å². The first-order chi connectivity index (χ1) is 27.8. The lowest BCUT2D eigenvalue weighted by Gasteiger charge is -2.13. The van der Waals surface area contributed by atoms with Gasteiger partial charge in [-0.15, -0.1) is 0 Å². The highest BCUT2D eigenvalue weighted by atomic mass is 16.3. The standard InChI is InChI=1S/C51H31N3O2/c1-2-13-33(14-3-1)44-31-45(37-16-5-4-15-36(37)43-21-10-11-30-52-43)54-51(53-44)34-26-24-32(25-27-34)35-28-29-41(50-48(35)42-18-7-9-23-47(42)56-50)40-20-12-19-39-38-17-6-8-22-46(38)55-49(39)40/h1-31H. The fraction of sp³-hybridized carbons (Fsp3) is 0. The molecule has 0 fully saturated rings. The van der Waals surface area contributed by atoms with Gasteiger partial charge in [0.15, 0.2) is 5.82 Å². The second kappa shape index (κ2) is 13.0. The number of fused-ring (bicyclic) bond motifs is 6. The van der Waals surface area contributed by atoms with E-state index in [1.165, 1.54) is 0 Å². The van der Waals surface area contributed by atoms with Gasteiger partial charge >= 0.3 is 0 Å². The van der Waals surface area contributed by atoms with Gasteiger partial charge in [-0.05, 0) is 47.5 Å². The molecule has 0 amide bonds. The summed E-state index contributed by atoms with van der Waals surface area (Å²) in [4.78, 5) is 15.0. The Morgan fingerprint density at radius 3 is 1.73 bits per heavy atom. The van der Waals surface area contributed by atoms with Gasteiger partial charge in [-0.2, -0.15) is 0 Å². The zero-order chi connectivity index (χ0) is 37.0. The molecule has 56 heavy (non-hydrogen) atoms. The fourth-order valence-corrected chi connectivity index (χ4v) is 7.96. The zero-order valence-corrected chi connectivity index (χ0v) is 30.1. The first-order valence-corrected chi connectivity index (χ1v) is 18.7. The van der Waals surface area contributed by atoms with Crippen molar-refractivity contribution in [3.8, 4) is 67.4 Å². The normalized spacial score (nSPS) is 11.6. The molecule has 0 aliphatic rings. The second-order valence-electron chi connectivity index (χ2n) is 13.9. The highest BCUT2D eigenvalue weighted by Crippen LogP contribution is 2.45. The number of benzene rings is 7. The van der Waals surface area contributed by atoms with Crippen LogP contribution in [-0.4, -0.2) is 15.0 Å². The zero-order valence-electron chi connectivity index (χ0n) is 30.1.